The second kappa shape index (κ2) is 5.31. The average Bonchev–Trinajstić information content (AvgIpc) is 2.54. The summed E-state index contributed by atoms with van der Waals surface area (Å²) in [4.78, 5) is 4.14. The number of fused-ring (bicyclic) bond motifs is 1. The van der Waals surface area contributed by atoms with E-state index in [1.54, 1.807) is 19.4 Å². The third kappa shape index (κ3) is 2.24. The van der Waals surface area contributed by atoms with Crippen molar-refractivity contribution in [2.75, 3.05) is 7.11 Å². The topological polar surface area (TPSA) is 42.4 Å². The Morgan fingerprint density at radius 1 is 1.00 bits per heavy atom. The molecule has 0 saturated heterocycles. The van der Waals surface area contributed by atoms with Gasteiger partial charge in [-0.1, -0.05) is 42.5 Å². The Bertz CT molecular complexity index is 717. The van der Waals surface area contributed by atoms with Crippen molar-refractivity contribution >= 4 is 10.8 Å². The molecule has 3 rings (SSSR count). The standard InChI is InChI=1S/C17H15NO2/c1-20-16-10-9-13(11-18-16)17(19)15-8-4-6-12-5-2-3-7-14(12)15/h2-11,17,19H,1H3. The lowest BCUT2D eigenvalue weighted by Crippen LogP contribution is -2.01. The Balaban J connectivity index is 2.05. The summed E-state index contributed by atoms with van der Waals surface area (Å²) in [5.41, 5.74) is 1.64. The van der Waals surface area contributed by atoms with Crippen LogP contribution in [-0.2, 0) is 0 Å². The molecule has 20 heavy (non-hydrogen) atoms. The highest BCUT2D eigenvalue weighted by Crippen LogP contribution is 2.28. The number of rotatable bonds is 3. The molecule has 0 spiro atoms. The Morgan fingerprint density at radius 2 is 1.80 bits per heavy atom. The van der Waals surface area contributed by atoms with Crippen molar-refractivity contribution in [3.05, 3.63) is 71.9 Å². The third-order valence-corrected chi connectivity index (χ3v) is 3.40. The molecule has 3 heteroatoms. The maximum atomic E-state index is 10.6. The van der Waals surface area contributed by atoms with Crippen LogP contribution in [0.15, 0.2) is 60.8 Å². The van der Waals surface area contributed by atoms with Gasteiger partial charge in [-0.15, -0.1) is 0 Å². The van der Waals surface area contributed by atoms with Crippen LogP contribution in [0.3, 0.4) is 0 Å². The van der Waals surface area contributed by atoms with E-state index in [0.717, 1.165) is 21.9 Å². The van der Waals surface area contributed by atoms with Crippen LogP contribution in [0.4, 0.5) is 0 Å². The lowest BCUT2D eigenvalue weighted by atomic mass is 9.97. The van der Waals surface area contributed by atoms with Crippen LogP contribution in [0.25, 0.3) is 10.8 Å². The first kappa shape index (κ1) is 12.6. The molecule has 1 N–H and O–H groups in total. The average molecular weight is 265 g/mol. The zero-order chi connectivity index (χ0) is 13.9. The SMILES string of the molecule is COc1ccc(C(O)c2cccc3ccccc23)cn1. The maximum Gasteiger partial charge on any atom is 0.212 e. The molecule has 0 aliphatic rings. The number of hydrogen-bond acceptors (Lipinski definition) is 3. The van der Waals surface area contributed by atoms with Gasteiger partial charge in [-0.2, -0.15) is 0 Å². The predicted molar refractivity (Wildman–Crippen MR) is 78.8 cm³/mol. The van der Waals surface area contributed by atoms with Crippen molar-refractivity contribution in [3.63, 3.8) is 0 Å². The summed E-state index contributed by atoms with van der Waals surface area (Å²) < 4.78 is 5.03. The minimum absolute atomic E-state index is 0.541. The minimum atomic E-state index is -0.695. The van der Waals surface area contributed by atoms with Gasteiger partial charge in [0.1, 0.15) is 6.10 Å². The second-order valence-electron chi connectivity index (χ2n) is 4.60. The first-order valence-corrected chi connectivity index (χ1v) is 6.45. The van der Waals surface area contributed by atoms with Gasteiger partial charge in [0.15, 0.2) is 0 Å². The van der Waals surface area contributed by atoms with E-state index in [2.05, 4.69) is 4.98 Å². The first-order chi connectivity index (χ1) is 9.79. The summed E-state index contributed by atoms with van der Waals surface area (Å²) in [6.45, 7) is 0. The van der Waals surface area contributed by atoms with Crippen molar-refractivity contribution < 1.29 is 9.84 Å². The van der Waals surface area contributed by atoms with E-state index in [9.17, 15) is 5.11 Å². The summed E-state index contributed by atoms with van der Waals surface area (Å²) in [5.74, 6) is 0.541. The van der Waals surface area contributed by atoms with Gasteiger partial charge in [-0.05, 0) is 22.4 Å². The fourth-order valence-corrected chi connectivity index (χ4v) is 2.34. The molecule has 2 aromatic carbocycles. The number of aromatic nitrogens is 1. The van der Waals surface area contributed by atoms with Gasteiger partial charge >= 0.3 is 0 Å². The normalized spacial score (nSPS) is 12.3. The summed E-state index contributed by atoms with van der Waals surface area (Å²) in [6, 6.07) is 17.6. The van der Waals surface area contributed by atoms with Gasteiger partial charge in [-0.25, -0.2) is 4.98 Å². The van der Waals surface area contributed by atoms with E-state index in [0.29, 0.717) is 5.88 Å². The highest BCUT2D eigenvalue weighted by atomic mass is 16.5. The van der Waals surface area contributed by atoms with Gasteiger partial charge in [0.25, 0.3) is 0 Å². The monoisotopic (exact) mass is 265 g/mol. The summed E-state index contributed by atoms with van der Waals surface area (Å²) >= 11 is 0. The Hall–Kier alpha value is -2.39. The summed E-state index contributed by atoms with van der Waals surface area (Å²) in [7, 11) is 1.57. The molecule has 0 amide bonds. The molecule has 0 fully saturated rings. The number of nitrogens with zero attached hydrogens (tertiary/aromatic N) is 1. The van der Waals surface area contributed by atoms with Crippen molar-refractivity contribution in [2.45, 2.75) is 6.10 Å². The quantitative estimate of drug-likeness (QED) is 0.790. The van der Waals surface area contributed by atoms with Crippen molar-refractivity contribution in [1.82, 2.24) is 4.98 Å². The molecular weight excluding hydrogens is 250 g/mol. The molecule has 0 bridgehead atoms. The van der Waals surface area contributed by atoms with Gasteiger partial charge in [0, 0.05) is 17.8 Å². The lowest BCUT2D eigenvalue weighted by Gasteiger charge is -2.14. The number of ether oxygens (including phenoxy) is 1. The van der Waals surface area contributed by atoms with Crippen LogP contribution >= 0.6 is 0 Å². The summed E-state index contributed by atoms with van der Waals surface area (Å²) in [5, 5.41) is 12.7. The molecule has 0 saturated carbocycles. The molecule has 1 atom stereocenters. The number of pyridine rings is 1. The fourth-order valence-electron chi connectivity index (χ4n) is 2.34. The fraction of sp³-hybridized carbons (Fsp3) is 0.118. The van der Waals surface area contributed by atoms with Crippen molar-refractivity contribution in [1.29, 1.82) is 0 Å². The van der Waals surface area contributed by atoms with E-state index in [4.69, 9.17) is 4.74 Å². The maximum absolute atomic E-state index is 10.6. The van der Waals surface area contributed by atoms with Crippen LogP contribution in [0.2, 0.25) is 0 Å². The molecule has 0 aliphatic heterocycles. The molecular formula is C17H15NO2. The second-order valence-corrected chi connectivity index (χ2v) is 4.60. The van der Waals surface area contributed by atoms with Crippen molar-refractivity contribution in [2.24, 2.45) is 0 Å². The number of benzene rings is 2. The number of aliphatic hydroxyl groups is 1. The molecule has 1 heterocycles. The Morgan fingerprint density at radius 3 is 2.55 bits per heavy atom. The van der Waals surface area contributed by atoms with Crippen LogP contribution in [0.5, 0.6) is 5.88 Å². The van der Waals surface area contributed by atoms with E-state index < -0.39 is 6.10 Å². The molecule has 3 nitrogen and oxygen atoms in total. The molecule has 3 aromatic rings. The smallest absolute Gasteiger partial charge is 0.212 e. The highest BCUT2D eigenvalue weighted by Gasteiger charge is 2.13. The lowest BCUT2D eigenvalue weighted by molar-refractivity contribution is 0.221. The zero-order valence-corrected chi connectivity index (χ0v) is 11.2. The number of aliphatic hydroxyl groups excluding tert-OH is 1. The van der Waals surface area contributed by atoms with Gasteiger partial charge in [-0.3, -0.25) is 0 Å². The molecule has 0 aliphatic carbocycles. The Labute approximate surface area is 117 Å². The molecule has 1 aromatic heterocycles. The first-order valence-electron chi connectivity index (χ1n) is 6.45. The van der Waals surface area contributed by atoms with Crippen LogP contribution in [-0.4, -0.2) is 17.2 Å². The van der Waals surface area contributed by atoms with Crippen LogP contribution < -0.4 is 4.74 Å². The van der Waals surface area contributed by atoms with E-state index >= 15 is 0 Å². The Kier molecular flexibility index (Phi) is 3.35. The number of hydrogen-bond donors (Lipinski definition) is 1. The molecule has 1 unspecified atom stereocenters. The highest BCUT2D eigenvalue weighted by molar-refractivity contribution is 5.86. The van der Waals surface area contributed by atoms with Gasteiger partial charge in [0.05, 0.1) is 7.11 Å². The van der Waals surface area contributed by atoms with Crippen LogP contribution in [0.1, 0.15) is 17.2 Å². The number of methoxy groups -OCH3 is 1. The van der Waals surface area contributed by atoms with Crippen molar-refractivity contribution in [3.8, 4) is 5.88 Å². The predicted octanol–water partition coefficient (Wildman–Crippen LogP) is 3.33. The van der Waals surface area contributed by atoms with E-state index in [-0.39, 0.29) is 0 Å². The summed E-state index contributed by atoms with van der Waals surface area (Å²) in [6.07, 6.45) is 0.949. The molecule has 100 valence electrons. The van der Waals surface area contributed by atoms with Crippen LogP contribution in [0, 0.1) is 0 Å². The third-order valence-electron chi connectivity index (χ3n) is 3.40. The van der Waals surface area contributed by atoms with E-state index in [1.165, 1.54) is 0 Å². The largest absolute Gasteiger partial charge is 0.481 e. The van der Waals surface area contributed by atoms with Gasteiger partial charge in [0.2, 0.25) is 5.88 Å². The molecule has 0 radical (unpaired) electrons. The minimum Gasteiger partial charge on any atom is -0.481 e. The zero-order valence-electron chi connectivity index (χ0n) is 11.2. The van der Waals surface area contributed by atoms with E-state index in [1.807, 2.05) is 48.5 Å². The van der Waals surface area contributed by atoms with Gasteiger partial charge < -0.3 is 9.84 Å².